The lowest BCUT2D eigenvalue weighted by molar-refractivity contribution is 0.0693. The fourth-order valence-corrected chi connectivity index (χ4v) is 3.40. The van der Waals surface area contributed by atoms with Gasteiger partial charge in [0.2, 0.25) is 0 Å². The van der Waals surface area contributed by atoms with E-state index in [1.54, 1.807) is 11.8 Å². The van der Waals surface area contributed by atoms with Crippen LogP contribution in [-0.2, 0) is 4.74 Å². The molecule has 1 heterocycles. The van der Waals surface area contributed by atoms with E-state index in [-0.39, 0.29) is 0 Å². The topological polar surface area (TPSA) is 49.8 Å². The Kier molecular flexibility index (Phi) is 5.31. The second-order valence-electron chi connectivity index (χ2n) is 4.84. The standard InChI is InChI=1S/C15H21NO3S/c1-3-20-13-6-4-5-12(14(13)15(17)18)16(2)11-7-9-19-10-8-11/h4-6,11H,3,7-10H2,1-2H3,(H,17,18). The largest absolute Gasteiger partial charge is 0.478 e. The summed E-state index contributed by atoms with van der Waals surface area (Å²) in [6.45, 7) is 3.53. The van der Waals surface area contributed by atoms with Crippen LogP contribution in [0, 0.1) is 0 Å². The van der Waals surface area contributed by atoms with E-state index in [1.807, 2.05) is 32.2 Å². The van der Waals surface area contributed by atoms with Crippen molar-refractivity contribution < 1.29 is 14.6 Å². The van der Waals surface area contributed by atoms with Crippen molar-refractivity contribution in [3.05, 3.63) is 23.8 Å². The molecular formula is C15H21NO3S. The lowest BCUT2D eigenvalue weighted by Crippen LogP contribution is -2.37. The molecule has 20 heavy (non-hydrogen) atoms. The van der Waals surface area contributed by atoms with Crippen molar-refractivity contribution >= 4 is 23.4 Å². The first-order valence-electron chi connectivity index (χ1n) is 6.94. The number of carboxylic acid groups (broad SMARTS) is 1. The Hall–Kier alpha value is -1.20. The van der Waals surface area contributed by atoms with E-state index in [0.717, 1.165) is 42.4 Å². The molecule has 0 spiro atoms. The van der Waals surface area contributed by atoms with Gasteiger partial charge in [0.1, 0.15) is 0 Å². The third-order valence-electron chi connectivity index (χ3n) is 3.64. The van der Waals surface area contributed by atoms with Gasteiger partial charge in [0, 0.05) is 31.2 Å². The van der Waals surface area contributed by atoms with Crippen LogP contribution in [0.4, 0.5) is 5.69 Å². The molecule has 110 valence electrons. The monoisotopic (exact) mass is 295 g/mol. The van der Waals surface area contributed by atoms with Crippen molar-refractivity contribution in [3.8, 4) is 0 Å². The number of thioether (sulfide) groups is 1. The van der Waals surface area contributed by atoms with Gasteiger partial charge in [-0.1, -0.05) is 13.0 Å². The summed E-state index contributed by atoms with van der Waals surface area (Å²) in [6.07, 6.45) is 1.89. The lowest BCUT2D eigenvalue weighted by atomic mass is 10.0. The third kappa shape index (κ3) is 3.27. The molecule has 0 aromatic heterocycles. The minimum atomic E-state index is -0.851. The molecule has 0 amide bonds. The van der Waals surface area contributed by atoms with Gasteiger partial charge >= 0.3 is 5.97 Å². The van der Waals surface area contributed by atoms with Gasteiger partial charge in [-0.2, -0.15) is 0 Å². The summed E-state index contributed by atoms with van der Waals surface area (Å²) < 4.78 is 5.38. The average molecular weight is 295 g/mol. The van der Waals surface area contributed by atoms with Gasteiger partial charge < -0.3 is 14.7 Å². The molecule has 4 nitrogen and oxygen atoms in total. The Balaban J connectivity index is 2.33. The molecule has 1 aliphatic rings. The summed E-state index contributed by atoms with van der Waals surface area (Å²) in [4.78, 5) is 14.6. The van der Waals surface area contributed by atoms with Crippen LogP contribution in [0.3, 0.4) is 0 Å². The molecule has 1 saturated heterocycles. The minimum Gasteiger partial charge on any atom is -0.478 e. The zero-order valence-electron chi connectivity index (χ0n) is 12.0. The van der Waals surface area contributed by atoms with Crippen molar-refractivity contribution in [2.24, 2.45) is 0 Å². The summed E-state index contributed by atoms with van der Waals surface area (Å²) in [5.41, 5.74) is 1.23. The first-order chi connectivity index (χ1) is 9.65. The van der Waals surface area contributed by atoms with Crippen LogP contribution in [-0.4, -0.2) is 43.1 Å². The first-order valence-corrected chi connectivity index (χ1v) is 7.93. The van der Waals surface area contributed by atoms with Crippen LogP contribution in [0.25, 0.3) is 0 Å². The van der Waals surface area contributed by atoms with Crippen LogP contribution in [0.1, 0.15) is 30.1 Å². The number of aromatic carboxylic acids is 1. The van der Waals surface area contributed by atoms with Gasteiger partial charge in [0.15, 0.2) is 0 Å². The lowest BCUT2D eigenvalue weighted by Gasteiger charge is -2.34. The molecule has 2 rings (SSSR count). The molecule has 5 heteroatoms. The highest BCUT2D eigenvalue weighted by Crippen LogP contribution is 2.32. The number of ether oxygens (including phenoxy) is 1. The summed E-state index contributed by atoms with van der Waals surface area (Å²) >= 11 is 1.58. The summed E-state index contributed by atoms with van der Waals surface area (Å²) in [5, 5.41) is 9.56. The van der Waals surface area contributed by atoms with Crippen molar-refractivity contribution in [1.82, 2.24) is 0 Å². The van der Waals surface area contributed by atoms with E-state index < -0.39 is 5.97 Å². The fraction of sp³-hybridized carbons (Fsp3) is 0.533. The predicted molar refractivity (Wildman–Crippen MR) is 82.0 cm³/mol. The van der Waals surface area contributed by atoms with Crippen molar-refractivity contribution in [1.29, 1.82) is 0 Å². The molecule has 0 saturated carbocycles. The molecular weight excluding hydrogens is 274 g/mol. The highest BCUT2D eigenvalue weighted by molar-refractivity contribution is 7.99. The predicted octanol–water partition coefficient (Wildman–Crippen LogP) is 3.11. The van der Waals surface area contributed by atoms with Gasteiger partial charge in [0.05, 0.1) is 11.3 Å². The number of carboxylic acids is 1. The van der Waals surface area contributed by atoms with Crippen molar-refractivity contribution in [2.45, 2.75) is 30.7 Å². The van der Waals surface area contributed by atoms with Gasteiger partial charge in [0.25, 0.3) is 0 Å². The second-order valence-corrected chi connectivity index (χ2v) is 6.15. The highest BCUT2D eigenvalue weighted by atomic mass is 32.2. The third-order valence-corrected chi connectivity index (χ3v) is 4.58. The summed E-state index contributed by atoms with van der Waals surface area (Å²) in [5.74, 6) is 0.0144. The second kappa shape index (κ2) is 6.99. The molecule has 1 fully saturated rings. The molecule has 0 atom stereocenters. The summed E-state index contributed by atoms with van der Waals surface area (Å²) in [7, 11) is 1.98. The van der Waals surface area contributed by atoms with Crippen LogP contribution < -0.4 is 4.90 Å². The average Bonchev–Trinajstić information content (AvgIpc) is 2.47. The zero-order valence-corrected chi connectivity index (χ0v) is 12.8. The fourth-order valence-electron chi connectivity index (χ4n) is 2.57. The van der Waals surface area contributed by atoms with E-state index in [4.69, 9.17) is 4.74 Å². The van der Waals surface area contributed by atoms with E-state index in [0.29, 0.717) is 11.6 Å². The number of rotatable bonds is 5. The molecule has 1 aromatic carbocycles. The maximum Gasteiger partial charge on any atom is 0.338 e. The molecule has 0 unspecified atom stereocenters. The van der Waals surface area contributed by atoms with E-state index in [2.05, 4.69) is 4.90 Å². The summed E-state index contributed by atoms with van der Waals surface area (Å²) in [6, 6.07) is 6.08. The molecule has 0 radical (unpaired) electrons. The Labute approximate surface area is 124 Å². The number of carbonyl (C=O) groups is 1. The smallest absolute Gasteiger partial charge is 0.338 e. The molecule has 1 aliphatic heterocycles. The minimum absolute atomic E-state index is 0.351. The number of hydrogen-bond acceptors (Lipinski definition) is 4. The number of nitrogens with zero attached hydrogens (tertiary/aromatic N) is 1. The number of benzene rings is 1. The van der Waals surface area contributed by atoms with Gasteiger partial charge in [-0.15, -0.1) is 11.8 Å². The van der Waals surface area contributed by atoms with Crippen molar-refractivity contribution in [2.75, 3.05) is 30.9 Å². The van der Waals surface area contributed by atoms with Gasteiger partial charge in [-0.3, -0.25) is 0 Å². The van der Waals surface area contributed by atoms with Gasteiger partial charge in [-0.05, 0) is 30.7 Å². The maximum absolute atomic E-state index is 11.6. The maximum atomic E-state index is 11.6. The van der Waals surface area contributed by atoms with Crippen LogP contribution in [0.2, 0.25) is 0 Å². The SMILES string of the molecule is CCSc1cccc(N(C)C2CCOCC2)c1C(=O)O. The van der Waals surface area contributed by atoms with E-state index in [1.165, 1.54) is 0 Å². The Morgan fingerprint density at radius 3 is 2.75 bits per heavy atom. The van der Waals surface area contributed by atoms with Gasteiger partial charge in [-0.25, -0.2) is 4.79 Å². The molecule has 0 aliphatic carbocycles. The number of hydrogen-bond donors (Lipinski definition) is 1. The van der Waals surface area contributed by atoms with Crippen LogP contribution >= 0.6 is 11.8 Å². The Bertz CT molecular complexity index is 472. The molecule has 1 N–H and O–H groups in total. The van der Waals surface area contributed by atoms with Crippen LogP contribution in [0.15, 0.2) is 23.1 Å². The highest BCUT2D eigenvalue weighted by Gasteiger charge is 2.24. The first kappa shape index (κ1) is 15.2. The van der Waals surface area contributed by atoms with E-state index >= 15 is 0 Å². The van der Waals surface area contributed by atoms with Crippen molar-refractivity contribution in [3.63, 3.8) is 0 Å². The Morgan fingerprint density at radius 1 is 1.45 bits per heavy atom. The zero-order chi connectivity index (χ0) is 14.5. The molecule has 1 aromatic rings. The normalized spacial score (nSPS) is 16.1. The Morgan fingerprint density at radius 2 is 2.15 bits per heavy atom. The number of anilines is 1. The molecule has 0 bridgehead atoms. The van der Waals surface area contributed by atoms with Crippen LogP contribution in [0.5, 0.6) is 0 Å². The van der Waals surface area contributed by atoms with E-state index in [9.17, 15) is 9.90 Å². The quantitative estimate of drug-likeness (QED) is 0.846.